The van der Waals surface area contributed by atoms with Gasteiger partial charge in [0.25, 0.3) is 0 Å². The summed E-state index contributed by atoms with van der Waals surface area (Å²) in [6.07, 6.45) is 0.213. The number of nitrogens with zero attached hydrogens (tertiary/aromatic N) is 1. The summed E-state index contributed by atoms with van der Waals surface area (Å²) >= 11 is 0. The van der Waals surface area contributed by atoms with Crippen LogP contribution in [0.5, 0.6) is 5.75 Å². The van der Waals surface area contributed by atoms with Crippen LogP contribution in [0.3, 0.4) is 0 Å². The Kier molecular flexibility index (Phi) is 8.98. The first kappa shape index (κ1) is 22.2. The number of carbonyl (C=O) groups excluding carboxylic acids is 2. The van der Waals surface area contributed by atoms with Crippen molar-refractivity contribution in [2.45, 2.75) is 19.0 Å². The zero-order chi connectivity index (χ0) is 21.1. The van der Waals surface area contributed by atoms with Crippen molar-refractivity contribution in [3.8, 4) is 5.75 Å². The molecular formula is C22H30N4O3. The minimum absolute atomic E-state index is 0.0165. The lowest BCUT2D eigenvalue weighted by atomic mass is 10.0. The van der Waals surface area contributed by atoms with Crippen molar-refractivity contribution in [3.05, 3.63) is 65.7 Å². The van der Waals surface area contributed by atoms with Gasteiger partial charge in [0.15, 0.2) is 0 Å². The van der Waals surface area contributed by atoms with Crippen molar-refractivity contribution in [1.29, 1.82) is 0 Å². The molecular weight excluding hydrogens is 368 g/mol. The van der Waals surface area contributed by atoms with E-state index in [1.165, 1.54) is 0 Å². The molecule has 0 heterocycles. The van der Waals surface area contributed by atoms with Gasteiger partial charge in [-0.25, -0.2) is 4.79 Å². The van der Waals surface area contributed by atoms with Crippen molar-refractivity contribution in [2.24, 2.45) is 0 Å². The van der Waals surface area contributed by atoms with Crippen LogP contribution in [0.25, 0.3) is 0 Å². The van der Waals surface area contributed by atoms with Crippen LogP contribution in [0.2, 0.25) is 0 Å². The lowest BCUT2D eigenvalue weighted by Gasteiger charge is -2.26. The van der Waals surface area contributed by atoms with E-state index >= 15 is 0 Å². The number of urea groups is 1. The van der Waals surface area contributed by atoms with E-state index in [2.05, 4.69) is 16.0 Å². The van der Waals surface area contributed by atoms with Crippen molar-refractivity contribution >= 4 is 11.9 Å². The third kappa shape index (κ3) is 7.46. The summed E-state index contributed by atoms with van der Waals surface area (Å²) in [5.41, 5.74) is 2.03. The number of amides is 3. The molecule has 0 aromatic heterocycles. The minimum atomic E-state index is -0.290. The van der Waals surface area contributed by atoms with Crippen LogP contribution < -0.4 is 20.7 Å². The fourth-order valence-corrected chi connectivity index (χ4v) is 2.94. The normalized spacial score (nSPS) is 11.6. The van der Waals surface area contributed by atoms with E-state index in [1.54, 1.807) is 7.11 Å². The fraction of sp³-hybridized carbons (Fsp3) is 0.364. The average molecular weight is 399 g/mol. The molecule has 2 rings (SSSR count). The predicted octanol–water partition coefficient (Wildman–Crippen LogP) is 2.30. The van der Waals surface area contributed by atoms with Crippen molar-refractivity contribution in [1.82, 2.24) is 20.9 Å². The number of hydrogen-bond acceptors (Lipinski definition) is 4. The Morgan fingerprint density at radius 3 is 2.34 bits per heavy atom. The van der Waals surface area contributed by atoms with Crippen LogP contribution in [0, 0.1) is 0 Å². The molecule has 7 heteroatoms. The lowest BCUT2D eigenvalue weighted by Crippen LogP contribution is -2.39. The number of rotatable bonds is 10. The van der Waals surface area contributed by atoms with Gasteiger partial charge in [0.1, 0.15) is 5.75 Å². The quantitative estimate of drug-likeness (QED) is 0.574. The number of ether oxygens (including phenoxy) is 1. The fourth-order valence-electron chi connectivity index (χ4n) is 2.94. The number of hydrogen-bond donors (Lipinski definition) is 3. The smallest absolute Gasteiger partial charge is 0.315 e. The zero-order valence-electron chi connectivity index (χ0n) is 17.3. The highest BCUT2D eigenvalue weighted by atomic mass is 16.5. The molecule has 3 amide bonds. The van der Waals surface area contributed by atoms with Crippen molar-refractivity contribution in [2.75, 3.05) is 34.3 Å². The maximum atomic E-state index is 12.2. The van der Waals surface area contributed by atoms with Crippen LogP contribution in [0.1, 0.15) is 23.6 Å². The van der Waals surface area contributed by atoms with Gasteiger partial charge in [0, 0.05) is 31.6 Å². The van der Waals surface area contributed by atoms with Crippen LogP contribution in [0.4, 0.5) is 4.79 Å². The molecule has 0 saturated heterocycles. The van der Waals surface area contributed by atoms with E-state index in [0.717, 1.165) is 16.9 Å². The topological polar surface area (TPSA) is 82.7 Å². The number of benzene rings is 2. The van der Waals surface area contributed by atoms with E-state index in [9.17, 15) is 9.59 Å². The van der Waals surface area contributed by atoms with Gasteiger partial charge in [-0.2, -0.15) is 0 Å². The van der Waals surface area contributed by atoms with Crippen LogP contribution in [-0.2, 0) is 11.3 Å². The number of carbonyl (C=O) groups is 2. The van der Waals surface area contributed by atoms with Gasteiger partial charge >= 0.3 is 6.03 Å². The summed E-state index contributed by atoms with van der Waals surface area (Å²) < 4.78 is 5.44. The minimum Gasteiger partial charge on any atom is -0.496 e. The average Bonchev–Trinajstić information content (AvgIpc) is 2.73. The van der Waals surface area contributed by atoms with Gasteiger partial charge in [-0.05, 0) is 25.7 Å². The van der Waals surface area contributed by atoms with E-state index in [-0.39, 0.29) is 30.9 Å². The summed E-state index contributed by atoms with van der Waals surface area (Å²) in [5, 5.41) is 8.41. The molecule has 29 heavy (non-hydrogen) atoms. The molecule has 0 saturated carbocycles. The summed E-state index contributed by atoms with van der Waals surface area (Å²) in [6, 6.07) is 17.1. The van der Waals surface area contributed by atoms with E-state index < -0.39 is 0 Å². The molecule has 156 valence electrons. The summed E-state index contributed by atoms with van der Waals surface area (Å²) in [6.45, 7) is 1.17. The third-order valence-electron chi connectivity index (χ3n) is 4.55. The van der Waals surface area contributed by atoms with Crippen molar-refractivity contribution in [3.63, 3.8) is 0 Å². The maximum absolute atomic E-state index is 12.2. The third-order valence-corrected chi connectivity index (χ3v) is 4.55. The molecule has 0 aliphatic rings. The highest BCUT2D eigenvalue weighted by Gasteiger charge is 2.18. The second-order valence-corrected chi connectivity index (χ2v) is 6.87. The largest absolute Gasteiger partial charge is 0.496 e. The highest BCUT2D eigenvalue weighted by molar-refractivity contribution is 5.78. The Morgan fingerprint density at radius 2 is 1.66 bits per heavy atom. The summed E-state index contributed by atoms with van der Waals surface area (Å²) in [4.78, 5) is 26.1. The Morgan fingerprint density at radius 1 is 0.966 bits per heavy atom. The van der Waals surface area contributed by atoms with Crippen LogP contribution in [-0.4, -0.2) is 51.1 Å². The standard InChI is InChI=1S/C22H30N4O3/c1-26(2)19(18-11-7-8-12-20(18)29-3)16-24-21(27)13-14-23-22(28)25-15-17-9-5-4-6-10-17/h4-12,19H,13-16H2,1-3H3,(H,24,27)(H2,23,25,28)/t19-/m0/s1. The van der Waals surface area contributed by atoms with Crippen LogP contribution in [0.15, 0.2) is 54.6 Å². The molecule has 0 bridgehead atoms. The Labute approximate surface area is 172 Å². The van der Waals surface area contributed by atoms with Gasteiger partial charge in [-0.1, -0.05) is 48.5 Å². The molecule has 2 aromatic rings. The Bertz CT molecular complexity index is 781. The molecule has 0 unspecified atom stereocenters. The van der Waals surface area contributed by atoms with Crippen LogP contribution >= 0.6 is 0 Å². The first-order chi connectivity index (χ1) is 14.0. The van der Waals surface area contributed by atoms with E-state index in [1.807, 2.05) is 73.6 Å². The van der Waals surface area contributed by atoms with Gasteiger partial charge < -0.3 is 25.6 Å². The first-order valence-electron chi connectivity index (χ1n) is 9.63. The van der Waals surface area contributed by atoms with Gasteiger partial charge in [0.05, 0.1) is 13.2 Å². The molecule has 7 nitrogen and oxygen atoms in total. The number of methoxy groups -OCH3 is 1. The Balaban J connectivity index is 1.73. The second-order valence-electron chi connectivity index (χ2n) is 6.87. The predicted molar refractivity (Wildman–Crippen MR) is 114 cm³/mol. The number of para-hydroxylation sites is 1. The molecule has 0 aliphatic heterocycles. The SMILES string of the molecule is COc1ccccc1[C@H](CNC(=O)CCNC(=O)NCc1ccccc1)N(C)C. The number of likely N-dealkylation sites (N-methyl/N-ethyl adjacent to an activating group) is 1. The monoisotopic (exact) mass is 398 g/mol. The lowest BCUT2D eigenvalue weighted by molar-refractivity contribution is -0.121. The summed E-state index contributed by atoms with van der Waals surface area (Å²) in [7, 11) is 5.56. The van der Waals surface area contributed by atoms with Gasteiger partial charge in [0.2, 0.25) is 5.91 Å². The Hall–Kier alpha value is -3.06. The van der Waals surface area contributed by atoms with Crippen molar-refractivity contribution < 1.29 is 14.3 Å². The zero-order valence-corrected chi connectivity index (χ0v) is 17.3. The summed E-state index contributed by atoms with van der Waals surface area (Å²) in [5.74, 6) is 0.673. The van der Waals surface area contributed by atoms with E-state index in [0.29, 0.717) is 13.1 Å². The first-order valence-corrected chi connectivity index (χ1v) is 9.63. The molecule has 2 aromatic carbocycles. The van der Waals surface area contributed by atoms with Gasteiger partial charge in [-0.3, -0.25) is 4.79 Å². The molecule has 1 atom stereocenters. The highest BCUT2D eigenvalue weighted by Crippen LogP contribution is 2.27. The molecule has 0 spiro atoms. The molecule has 0 radical (unpaired) electrons. The molecule has 0 fully saturated rings. The second kappa shape index (κ2) is 11.7. The van der Waals surface area contributed by atoms with Gasteiger partial charge in [-0.15, -0.1) is 0 Å². The van der Waals surface area contributed by atoms with E-state index in [4.69, 9.17) is 4.74 Å². The maximum Gasteiger partial charge on any atom is 0.315 e. The molecule has 3 N–H and O–H groups in total. The number of nitrogens with one attached hydrogen (secondary N) is 3. The molecule has 0 aliphatic carbocycles.